The number of aliphatic hydroxyl groups is 1. The number of halogens is 1. The number of ether oxygens (including phenoxy) is 1. The molecule has 21 heavy (non-hydrogen) atoms. The first kappa shape index (κ1) is 14.8. The van der Waals surface area contributed by atoms with E-state index in [0.29, 0.717) is 17.2 Å². The predicted octanol–water partition coefficient (Wildman–Crippen LogP) is 2.30. The minimum Gasteiger partial charge on any atom is -0.381 e. The summed E-state index contributed by atoms with van der Waals surface area (Å²) < 4.78 is 6.41. The number of rotatable bonds is 3. The average Bonchev–Trinajstić information content (AvgIpc) is 2.74. The number of aliphatic hydroxyl groups excluding tert-OH is 1. The van der Waals surface area contributed by atoms with Gasteiger partial charge >= 0.3 is 0 Å². The van der Waals surface area contributed by atoms with Crippen LogP contribution in [0.3, 0.4) is 0 Å². The number of carbonyl (C=O) groups excluding carboxylic acids is 1. The van der Waals surface area contributed by atoms with Gasteiger partial charge < -0.3 is 20.1 Å². The highest BCUT2D eigenvalue weighted by Crippen LogP contribution is 2.39. The van der Waals surface area contributed by atoms with Crippen LogP contribution in [0.4, 0.5) is 11.4 Å². The molecule has 114 valence electrons. The van der Waals surface area contributed by atoms with Gasteiger partial charge in [0.05, 0.1) is 12.3 Å². The number of nitrogens with one attached hydrogen (secondary N) is 1. The monoisotopic (exact) mass is 354 g/mol. The molecular formula is C15H19BrN2O3. The Bertz CT molecular complexity index is 558. The van der Waals surface area contributed by atoms with Gasteiger partial charge in [-0.05, 0) is 46.8 Å². The number of benzene rings is 1. The summed E-state index contributed by atoms with van der Waals surface area (Å²) in [5.74, 6) is 0.168. The molecule has 1 amide bonds. The second-order valence-corrected chi connectivity index (χ2v) is 6.60. The van der Waals surface area contributed by atoms with E-state index >= 15 is 0 Å². The van der Waals surface area contributed by atoms with Gasteiger partial charge in [0.2, 0.25) is 0 Å². The molecule has 2 aliphatic rings. The van der Waals surface area contributed by atoms with Gasteiger partial charge in [0.1, 0.15) is 0 Å². The summed E-state index contributed by atoms with van der Waals surface area (Å²) >= 11 is 3.54. The molecule has 0 aromatic heterocycles. The van der Waals surface area contributed by atoms with E-state index < -0.39 is 6.10 Å². The van der Waals surface area contributed by atoms with Crippen molar-refractivity contribution in [2.75, 3.05) is 37.0 Å². The van der Waals surface area contributed by atoms with Crippen molar-refractivity contribution in [1.29, 1.82) is 0 Å². The molecular weight excluding hydrogens is 336 g/mol. The Morgan fingerprint density at radius 3 is 3.05 bits per heavy atom. The van der Waals surface area contributed by atoms with Gasteiger partial charge in [-0.1, -0.05) is 0 Å². The molecule has 1 aromatic carbocycles. The summed E-state index contributed by atoms with van der Waals surface area (Å²) in [7, 11) is 2.04. The third kappa shape index (κ3) is 2.93. The van der Waals surface area contributed by atoms with Crippen LogP contribution in [0.15, 0.2) is 16.6 Å². The SMILES string of the molecule is CN(CC1CCCOC1)c1cc2c(cc1Br)C(O)C(=O)N2. The van der Waals surface area contributed by atoms with Crippen LogP contribution in [-0.2, 0) is 9.53 Å². The van der Waals surface area contributed by atoms with Crippen LogP contribution in [0.5, 0.6) is 0 Å². The second kappa shape index (κ2) is 5.94. The van der Waals surface area contributed by atoms with E-state index in [-0.39, 0.29) is 5.91 Å². The predicted molar refractivity (Wildman–Crippen MR) is 84.5 cm³/mol. The molecule has 2 unspecified atom stereocenters. The summed E-state index contributed by atoms with van der Waals surface area (Å²) in [6, 6.07) is 3.73. The van der Waals surface area contributed by atoms with E-state index in [2.05, 4.69) is 26.1 Å². The van der Waals surface area contributed by atoms with Gasteiger partial charge in [-0.15, -0.1) is 0 Å². The van der Waals surface area contributed by atoms with Gasteiger partial charge in [-0.25, -0.2) is 0 Å². The average molecular weight is 355 g/mol. The molecule has 1 saturated heterocycles. The van der Waals surface area contributed by atoms with Crippen LogP contribution in [0, 0.1) is 5.92 Å². The van der Waals surface area contributed by atoms with Crippen molar-refractivity contribution in [2.45, 2.75) is 18.9 Å². The molecule has 1 fully saturated rings. The molecule has 6 heteroatoms. The molecule has 0 spiro atoms. The number of hydrogen-bond acceptors (Lipinski definition) is 4. The molecule has 0 radical (unpaired) electrons. The van der Waals surface area contributed by atoms with Gasteiger partial charge in [-0.2, -0.15) is 0 Å². The fraction of sp³-hybridized carbons (Fsp3) is 0.533. The lowest BCUT2D eigenvalue weighted by molar-refractivity contribution is -0.123. The molecule has 0 saturated carbocycles. The number of anilines is 2. The van der Waals surface area contributed by atoms with Gasteiger partial charge in [0.25, 0.3) is 5.91 Å². The summed E-state index contributed by atoms with van der Waals surface area (Å²) in [5.41, 5.74) is 2.33. The zero-order valence-electron chi connectivity index (χ0n) is 11.9. The first-order valence-corrected chi connectivity index (χ1v) is 7.97. The Labute approximate surface area is 132 Å². The quantitative estimate of drug-likeness (QED) is 0.874. The number of hydrogen-bond donors (Lipinski definition) is 2. The van der Waals surface area contributed by atoms with Crippen molar-refractivity contribution in [3.05, 3.63) is 22.2 Å². The standard InChI is InChI=1S/C15H19BrN2O3/c1-18(7-9-3-2-4-21-8-9)13-6-12-10(5-11(13)16)14(19)15(20)17-12/h5-6,9,14,19H,2-4,7-8H2,1H3,(H,17,20). The Hall–Kier alpha value is -1.11. The molecule has 0 bridgehead atoms. The van der Waals surface area contributed by atoms with Crippen molar-refractivity contribution in [3.8, 4) is 0 Å². The summed E-state index contributed by atoms with van der Waals surface area (Å²) in [5, 5.41) is 12.5. The van der Waals surface area contributed by atoms with Gasteiger partial charge in [0, 0.05) is 35.9 Å². The number of carbonyl (C=O) groups is 1. The van der Waals surface area contributed by atoms with Crippen LogP contribution >= 0.6 is 15.9 Å². The number of fused-ring (bicyclic) bond motifs is 1. The minimum absolute atomic E-state index is 0.364. The zero-order chi connectivity index (χ0) is 15.0. The summed E-state index contributed by atoms with van der Waals surface area (Å²) in [4.78, 5) is 13.7. The lowest BCUT2D eigenvalue weighted by atomic mass is 10.0. The van der Waals surface area contributed by atoms with Crippen LogP contribution in [0.1, 0.15) is 24.5 Å². The Morgan fingerprint density at radius 1 is 1.52 bits per heavy atom. The third-order valence-electron chi connectivity index (χ3n) is 4.12. The highest BCUT2D eigenvalue weighted by molar-refractivity contribution is 9.10. The first-order chi connectivity index (χ1) is 10.1. The second-order valence-electron chi connectivity index (χ2n) is 5.75. The van der Waals surface area contributed by atoms with Crippen molar-refractivity contribution in [2.24, 2.45) is 5.92 Å². The normalized spacial score (nSPS) is 24.6. The maximum absolute atomic E-state index is 11.5. The van der Waals surface area contributed by atoms with Gasteiger partial charge in [0.15, 0.2) is 6.10 Å². The summed E-state index contributed by atoms with van der Waals surface area (Å²) in [6.07, 6.45) is 1.23. The molecule has 2 aliphatic heterocycles. The van der Waals surface area contributed by atoms with Crippen molar-refractivity contribution in [3.63, 3.8) is 0 Å². The first-order valence-electron chi connectivity index (χ1n) is 7.17. The third-order valence-corrected chi connectivity index (χ3v) is 4.75. The summed E-state index contributed by atoms with van der Waals surface area (Å²) in [6.45, 7) is 2.59. The van der Waals surface area contributed by atoms with Gasteiger partial charge in [-0.3, -0.25) is 4.79 Å². The largest absolute Gasteiger partial charge is 0.381 e. The molecule has 3 rings (SSSR count). The van der Waals surface area contributed by atoms with E-state index in [9.17, 15) is 9.90 Å². The van der Waals surface area contributed by atoms with Crippen molar-refractivity contribution < 1.29 is 14.6 Å². The molecule has 2 N–H and O–H groups in total. The van der Waals surface area contributed by atoms with Crippen LogP contribution in [-0.4, -0.2) is 37.8 Å². The highest BCUT2D eigenvalue weighted by Gasteiger charge is 2.30. The van der Waals surface area contributed by atoms with Crippen molar-refractivity contribution >= 4 is 33.2 Å². The lowest BCUT2D eigenvalue weighted by Gasteiger charge is -2.29. The Balaban J connectivity index is 1.79. The lowest BCUT2D eigenvalue weighted by Crippen LogP contribution is -2.31. The number of nitrogens with zero attached hydrogens (tertiary/aromatic N) is 1. The van der Waals surface area contributed by atoms with E-state index in [1.54, 1.807) is 0 Å². The van der Waals surface area contributed by atoms with Crippen LogP contribution < -0.4 is 10.2 Å². The highest BCUT2D eigenvalue weighted by atomic mass is 79.9. The smallest absolute Gasteiger partial charge is 0.257 e. The fourth-order valence-corrected chi connectivity index (χ4v) is 3.65. The van der Waals surface area contributed by atoms with Crippen molar-refractivity contribution in [1.82, 2.24) is 0 Å². The molecule has 5 nitrogen and oxygen atoms in total. The Kier molecular flexibility index (Phi) is 4.19. The molecule has 0 aliphatic carbocycles. The molecule has 2 atom stereocenters. The molecule has 1 aromatic rings. The van der Waals surface area contributed by atoms with Crippen LogP contribution in [0.2, 0.25) is 0 Å². The van der Waals surface area contributed by atoms with E-state index in [4.69, 9.17) is 4.74 Å². The topological polar surface area (TPSA) is 61.8 Å². The van der Waals surface area contributed by atoms with E-state index in [0.717, 1.165) is 36.3 Å². The molecule has 2 heterocycles. The minimum atomic E-state index is -1.07. The zero-order valence-corrected chi connectivity index (χ0v) is 13.5. The van der Waals surface area contributed by atoms with E-state index in [1.807, 2.05) is 19.2 Å². The van der Waals surface area contributed by atoms with E-state index in [1.165, 1.54) is 6.42 Å². The Morgan fingerprint density at radius 2 is 2.33 bits per heavy atom. The number of amides is 1. The fourth-order valence-electron chi connectivity index (χ4n) is 2.98. The van der Waals surface area contributed by atoms with Crippen LogP contribution in [0.25, 0.3) is 0 Å². The maximum atomic E-state index is 11.5. The maximum Gasteiger partial charge on any atom is 0.257 e.